The SMILES string of the molecule is CCOP(=O)(CNC(=O)C(C1CCCCC1)N1C(=O)c2cc([N+](=O)[O-])ccc2O[C@H](c2ccccc2)[C@@H]1C)OCC. The molecular formula is C29H38N3O8P. The van der Waals surface area contributed by atoms with Gasteiger partial charge in [-0.25, -0.2) is 0 Å². The normalized spacial score (nSPS) is 20.5. The van der Waals surface area contributed by atoms with Crippen LogP contribution in [0.4, 0.5) is 5.69 Å². The maximum atomic E-state index is 14.3. The quantitative estimate of drug-likeness (QED) is 0.196. The Bertz CT molecular complexity index is 1270. The van der Waals surface area contributed by atoms with Gasteiger partial charge in [-0.15, -0.1) is 0 Å². The lowest BCUT2D eigenvalue weighted by Gasteiger charge is -2.41. The number of nitrogens with zero attached hydrogens (tertiary/aromatic N) is 2. The van der Waals surface area contributed by atoms with Crippen LogP contribution in [0.2, 0.25) is 0 Å². The van der Waals surface area contributed by atoms with Gasteiger partial charge in [0.2, 0.25) is 5.91 Å². The lowest BCUT2D eigenvalue weighted by atomic mass is 9.81. The predicted octanol–water partition coefficient (Wildman–Crippen LogP) is 5.85. The molecule has 222 valence electrons. The fourth-order valence-electron chi connectivity index (χ4n) is 5.79. The van der Waals surface area contributed by atoms with Gasteiger partial charge in [0.15, 0.2) is 0 Å². The van der Waals surface area contributed by atoms with Crippen LogP contribution in [0, 0.1) is 16.0 Å². The highest BCUT2D eigenvalue weighted by atomic mass is 31.2. The van der Waals surface area contributed by atoms with Gasteiger partial charge in [-0.3, -0.25) is 24.3 Å². The van der Waals surface area contributed by atoms with E-state index in [1.165, 1.54) is 23.1 Å². The van der Waals surface area contributed by atoms with E-state index >= 15 is 0 Å². The molecule has 0 saturated heterocycles. The second-order valence-corrected chi connectivity index (χ2v) is 12.4. The topological polar surface area (TPSA) is 137 Å². The molecule has 1 heterocycles. The summed E-state index contributed by atoms with van der Waals surface area (Å²) in [5.41, 5.74) is 0.566. The van der Waals surface area contributed by atoms with Gasteiger partial charge in [-0.2, -0.15) is 0 Å². The van der Waals surface area contributed by atoms with Crippen molar-refractivity contribution in [3.8, 4) is 5.75 Å². The summed E-state index contributed by atoms with van der Waals surface area (Å²) in [5, 5.41) is 14.4. The number of non-ortho nitro benzene ring substituents is 1. The molecule has 41 heavy (non-hydrogen) atoms. The molecule has 1 N–H and O–H groups in total. The van der Waals surface area contributed by atoms with Crippen LogP contribution in [0.25, 0.3) is 0 Å². The minimum Gasteiger partial charge on any atom is -0.483 e. The lowest BCUT2D eigenvalue weighted by Crippen LogP contribution is -2.57. The summed E-state index contributed by atoms with van der Waals surface area (Å²) >= 11 is 0. The molecule has 1 aliphatic carbocycles. The molecule has 1 saturated carbocycles. The second kappa shape index (κ2) is 13.6. The van der Waals surface area contributed by atoms with Gasteiger partial charge in [0.1, 0.15) is 24.2 Å². The molecule has 12 heteroatoms. The Balaban J connectivity index is 1.79. The highest BCUT2D eigenvalue weighted by Gasteiger charge is 2.46. The zero-order chi connectivity index (χ0) is 29.6. The van der Waals surface area contributed by atoms with Crippen molar-refractivity contribution in [1.29, 1.82) is 0 Å². The zero-order valence-corrected chi connectivity index (χ0v) is 24.6. The third kappa shape index (κ3) is 6.97. The zero-order valence-electron chi connectivity index (χ0n) is 23.7. The lowest BCUT2D eigenvalue weighted by molar-refractivity contribution is -0.384. The van der Waals surface area contributed by atoms with E-state index in [0.29, 0.717) is 0 Å². The highest BCUT2D eigenvalue weighted by molar-refractivity contribution is 7.53. The number of nitro benzene ring substituents is 1. The highest BCUT2D eigenvalue weighted by Crippen LogP contribution is 2.47. The molecule has 4 rings (SSSR count). The molecule has 0 aromatic heterocycles. The molecule has 0 spiro atoms. The Morgan fingerprint density at radius 1 is 1.12 bits per heavy atom. The summed E-state index contributed by atoms with van der Waals surface area (Å²) in [6.45, 7) is 5.50. The minimum absolute atomic E-state index is 0.0207. The number of nitro groups is 1. The molecule has 1 unspecified atom stereocenters. The van der Waals surface area contributed by atoms with Crippen LogP contribution in [0.5, 0.6) is 5.75 Å². The van der Waals surface area contributed by atoms with Crippen LogP contribution < -0.4 is 10.1 Å². The maximum Gasteiger partial charge on any atom is 0.349 e. The summed E-state index contributed by atoms with van der Waals surface area (Å²) in [4.78, 5) is 40.9. The first-order chi connectivity index (χ1) is 19.7. The van der Waals surface area contributed by atoms with E-state index in [1.54, 1.807) is 13.8 Å². The van der Waals surface area contributed by atoms with Crippen molar-refractivity contribution in [2.45, 2.75) is 71.1 Å². The van der Waals surface area contributed by atoms with E-state index in [1.807, 2.05) is 37.3 Å². The van der Waals surface area contributed by atoms with Crippen LogP contribution in [0.1, 0.15) is 74.9 Å². The number of nitrogens with one attached hydrogen (secondary N) is 1. The van der Waals surface area contributed by atoms with E-state index < -0.39 is 42.5 Å². The van der Waals surface area contributed by atoms with Crippen molar-refractivity contribution in [2.75, 3.05) is 19.5 Å². The monoisotopic (exact) mass is 587 g/mol. The van der Waals surface area contributed by atoms with E-state index in [2.05, 4.69) is 5.32 Å². The molecule has 3 atom stereocenters. The van der Waals surface area contributed by atoms with Crippen LogP contribution >= 0.6 is 7.60 Å². The minimum atomic E-state index is -3.60. The van der Waals surface area contributed by atoms with Gasteiger partial charge in [-0.05, 0) is 51.2 Å². The third-order valence-electron chi connectivity index (χ3n) is 7.66. The van der Waals surface area contributed by atoms with Gasteiger partial charge in [0, 0.05) is 12.1 Å². The predicted molar refractivity (Wildman–Crippen MR) is 153 cm³/mol. The molecule has 2 aliphatic rings. The number of carbonyl (C=O) groups excluding carboxylic acids is 2. The number of hydrogen-bond donors (Lipinski definition) is 1. The molecule has 11 nitrogen and oxygen atoms in total. The van der Waals surface area contributed by atoms with Crippen LogP contribution in [-0.2, 0) is 18.4 Å². The first kappa shape index (κ1) is 30.7. The largest absolute Gasteiger partial charge is 0.483 e. The summed E-state index contributed by atoms with van der Waals surface area (Å²) in [5.74, 6) is -0.968. The number of ether oxygens (including phenoxy) is 1. The fraction of sp³-hybridized carbons (Fsp3) is 0.517. The van der Waals surface area contributed by atoms with Crippen molar-refractivity contribution in [2.24, 2.45) is 5.92 Å². The van der Waals surface area contributed by atoms with Gasteiger partial charge >= 0.3 is 7.60 Å². The first-order valence-corrected chi connectivity index (χ1v) is 15.9. The Kier molecular flexibility index (Phi) is 10.2. The van der Waals surface area contributed by atoms with Crippen molar-refractivity contribution in [1.82, 2.24) is 10.2 Å². The molecular weight excluding hydrogens is 549 g/mol. The molecule has 0 radical (unpaired) electrons. The summed E-state index contributed by atoms with van der Waals surface area (Å²) < 4.78 is 30.3. The first-order valence-electron chi connectivity index (χ1n) is 14.2. The van der Waals surface area contributed by atoms with Crippen molar-refractivity contribution < 1.29 is 32.9 Å². The maximum absolute atomic E-state index is 14.3. The average Bonchev–Trinajstić information content (AvgIpc) is 3.07. The molecule has 1 aliphatic heterocycles. The van der Waals surface area contributed by atoms with Crippen LogP contribution in [-0.4, -0.2) is 53.2 Å². The number of hydrogen-bond acceptors (Lipinski definition) is 8. The van der Waals surface area contributed by atoms with Crippen molar-refractivity contribution in [3.63, 3.8) is 0 Å². The molecule has 2 aromatic rings. The van der Waals surface area contributed by atoms with Crippen molar-refractivity contribution >= 4 is 25.1 Å². The van der Waals surface area contributed by atoms with E-state index in [0.717, 1.165) is 37.7 Å². The Morgan fingerprint density at radius 2 is 1.78 bits per heavy atom. The average molecular weight is 588 g/mol. The number of carbonyl (C=O) groups is 2. The molecule has 2 amide bonds. The smallest absolute Gasteiger partial charge is 0.349 e. The van der Waals surface area contributed by atoms with Crippen LogP contribution in [0.15, 0.2) is 48.5 Å². The summed E-state index contributed by atoms with van der Waals surface area (Å²) in [7, 11) is -3.60. The third-order valence-corrected chi connectivity index (χ3v) is 9.51. The number of benzene rings is 2. The fourth-order valence-corrected chi connectivity index (χ4v) is 7.19. The van der Waals surface area contributed by atoms with Gasteiger partial charge in [0.05, 0.1) is 29.7 Å². The summed E-state index contributed by atoms with van der Waals surface area (Å²) in [6.07, 6.45) is 3.30. The van der Waals surface area contributed by atoms with Crippen molar-refractivity contribution in [3.05, 3.63) is 69.8 Å². The van der Waals surface area contributed by atoms with Crippen LogP contribution in [0.3, 0.4) is 0 Å². The molecule has 1 fully saturated rings. The Labute approximate surface area is 240 Å². The number of fused-ring (bicyclic) bond motifs is 1. The van der Waals surface area contributed by atoms with E-state index in [4.69, 9.17) is 13.8 Å². The molecule has 0 bridgehead atoms. The van der Waals surface area contributed by atoms with Gasteiger partial charge in [0.25, 0.3) is 11.6 Å². The second-order valence-electron chi connectivity index (χ2n) is 10.3. The van der Waals surface area contributed by atoms with E-state index in [-0.39, 0.29) is 42.4 Å². The standard InChI is InChI=1S/C29H38N3O8P/c1-4-38-41(37,39-5-2)19-30-28(33)26(21-12-8-6-9-13-21)31-20(3)27(22-14-10-7-11-15-22)40-25-17-16-23(32(35)36)18-24(25)29(31)34/h7,10-11,14-18,20-21,26-27H,4-6,8-9,12-13,19H2,1-3H3,(H,30,33)/t20-,26?,27-/m0/s1. The van der Waals surface area contributed by atoms with E-state index in [9.17, 15) is 24.3 Å². The number of rotatable bonds is 11. The Morgan fingerprint density at radius 3 is 2.39 bits per heavy atom. The summed E-state index contributed by atoms with van der Waals surface area (Å²) in [6, 6.07) is 11.8. The van der Waals surface area contributed by atoms with Gasteiger partial charge < -0.3 is 24.0 Å². The number of amides is 2. The molecule has 2 aromatic carbocycles. The Hall–Kier alpha value is -3.27. The van der Waals surface area contributed by atoms with Gasteiger partial charge in [-0.1, -0.05) is 49.6 Å².